The number of hydrogen-bond acceptors (Lipinski definition) is 9. The molecule has 1 aliphatic rings. The van der Waals surface area contributed by atoms with E-state index in [0.717, 1.165) is 5.56 Å². The molecule has 1 N–H and O–H groups in total. The molecule has 1 aliphatic heterocycles. The van der Waals surface area contributed by atoms with E-state index < -0.39 is 11.8 Å². The predicted molar refractivity (Wildman–Crippen MR) is 154 cm³/mol. The molecule has 5 aromatic rings. The number of nitrogens with one attached hydrogen (secondary N) is 1. The molecule has 0 saturated carbocycles. The summed E-state index contributed by atoms with van der Waals surface area (Å²) >= 11 is 0. The second-order valence-corrected chi connectivity index (χ2v) is 10.2. The van der Waals surface area contributed by atoms with Gasteiger partial charge in [0.25, 0.3) is 5.92 Å². The molecule has 0 bridgehead atoms. The van der Waals surface area contributed by atoms with Gasteiger partial charge in [0, 0.05) is 55.2 Å². The minimum Gasteiger partial charge on any atom is -0.497 e. The fraction of sp³-hybridized carbons (Fsp3) is 0.379. The first-order valence-electron chi connectivity index (χ1n) is 13.7. The number of anilines is 2. The molecule has 0 aliphatic carbocycles. The number of ether oxygens (including phenoxy) is 3. The summed E-state index contributed by atoms with van der Waals surface area (Å²) in [6, 6.07) is 11.1. The van der Waals surface area contributed by atoms with Crippen LogP contribution in [-0.4, -0.2) is 69.7 Å². The van der Waals surface area contributed by atoms with Gasteiger partial charge in [-0.2, -0.15) is 9.61 Å². The first kappa shape index (κ1) is 27.5. The topological polar surface area (TPSA) is 104 Å². The standard InChI is InChI=1S/C29H32F2N8O3/c1-5-38-16-20(14-33-38)37-15-19(12-29(30,31)17-37)26-35-27-22-7-6-8-23(41-3)25(22)34-28(39(27)36-26)32-13-18-9-10-21(40-2)11-24(18)42-4/h6-11,14,16,19H,5,12-13,15,17H2,1-4H3,(H,32,34)/t19-/m1/s1. The van der Waals surface area contributed by atoms with Crippen LogP contribution in [0.1, 0.15) is 30.7 Å². The Morgan fingerprint density at radius 1 is 1.05 bits per heavy atom. The van der Waals surface area contributed by atoms with Crippen molar-refractivity contribution in [1.82, 2.24) is 29.4 Å². The van der Waals surface area contributed by atoms with Crippen LogP contribution in [0.4, 0.5) is 20.4 Å². The van der Waals surface area contributed by atoms with Crippen LogP contribution in [0.15, 0.2) is 48.8 Å². The summed E-state index contributed by atoms with van der Waals surface area (Å²) < 4.78 is 49.9. The molecular weight excluding hydrogens is 546 g/mol. The van der Waals surface area contributed by atoms with Gasteiger partial charge in [0.05, 0.1) is 39.8 Å². The number of rotatable bonds is 9. The summed E-state index contributed by atoms with van der Waals surface area (Å²) in [4.78, 5) is 11.3. The van der Waals surface area contributed by atoms with E-state index in [1.807, 2.05) is 37.3 Å². The lowest BCUT2D eigenvalue weighted by molar-refractivity contribution is -0.0191. The predicted octanol–water partition coefficient (Wildman–Crippen LogP) is 4.76. The van der Waals surface area contributed by atoms with Crippen molar-refractivity contribution in [2.75, 3.05) is 44.6 Å². The third-order valence-corrected chi connectivity index (χ3v) is 7.51. The van der Waals surface area contributed by atoms with Gasteiger partial charge in [-0.25, -0.2) is 18.7 Å². The summed E-state index contributed by atoms with van der Waals surface area (Å²) in [5.41, 5.74) is 2.59. The normalized spacial score (nSPS) is 16.6. The van der Waals surface area contributed by atoms with E-state index in [2.05, 4.69) is 10.4 Å². The Hall–Kier alpha value is -4.68. The maximum Gasteiger partial charge on any atom is 0.266 e. The van der Waals surface area contributed by atoms with Gasteiger partial charge in [-0.15, -0.1) is 5.10 Å². The zero-order chi connectivity index (χ0) is 29.4. The maximum atomic E-state index is 15.1. The number of aryl methyl sites for hydroxylation is 1. The number of piperidine rings is 1. The Kier molecular flexibility index (Phi) is 7.17. The summed E-state index contributed by atoms with van der Waals surface area (Å²) in [5.74, 6) is -0.947. The van der Waals surface area contributed by atoms with Crippen LogP contribution in [0, 0.1) is 0 Å². The quantitative estimate of drug-likeness (QED) is 0.265. The van der Waals surface area contributed by atoms with Crippen LogP contribution in [-0.2, 0) is 13.1 Å². The molecule has 1 saturated heterocycles. The van der Waals surface area contributed by atoms with Gasteiger partial charge in [0.2, 0.25) is 5.95 Å². The van der Waals surface area contributed by atoms with E-state index in [1.54, 1.807) is 53.9 Å². The van der Waals surface area contributed by atoms with E-state index in [0.29, 0.717) is 70.9 Å². The highest BCUT2D eigenvalue weighted by Crippen LogP contribution is 2.38. The summed E-state index contributed by atoms with van der Waals surface area (Å²) in [6.07, 6.45) is 3.05. The van der Waals surface area contributed by atoms with E-state index in [9.17, 15) is 0 Å². The third-order valence-electron chi connectivity index (χ3n) is 7.51. The van der Waals surface area contributed by atoms with Crippen molar-refractivity contribution >= 4 is 28.2 Å². The van der Waals surface area contributed by atoms with Gasteiger partial charge in [-0.3, -0.25) is 4.68 Å². The van der Waals surface area contributed by atoms with E-state index in [4.69, 9.17) is 29.3 Å². The molecule has 11 nitrogen and oxygen atoms in total. The van der Waals surface area contributed by atoms with Gasteiger partial charge < -0.3 is 24.4 Å². The molecule has 0 unspecified atom stereocenters. The van der Waals surface area contributed by atoms with Gasteiger partial charge in [-0.05, 0) is 31.2 Å². The molecule has 3 aromatic heterocycles. The number of nitrogens with zero attached hydrogens (tertiary/aromatic N) is 7. The van der Waals surface area contributed by atoms with Gasteiger partial charge in [0.1, 0.15) is 22.8 Å². The van der Waals surface area contributed by atoms with Crippen molar-refractivity contribution in [1.29, 1.82) is 0 Å². The number of benzene rings is 2. The lowest BCUT2D eigenvalue weighted by Gasteiger charge is -2.37. The second kappa shape index (κ2) is 11.0. The lowest BCUT2D eigenvalue weighted by Crippen LogP contribution is -2.46. The van der Waals surface area contributed by atoms with Crippen molar-refractivity contribution in [2.24, 2.45) is 0 Å². The molecule has 0 amide bonds. The molecule has 2 aromatic carbocycles. The van der Waals surface area contributed by atoms with E-state index in [1.165, 1.54) is 0 Å². The molecule has 0 radical (unpaired) electrons. The minimum atomic E-state index is -2.93. The Bertz CT molecular complexity index is 1740. The SMILES string of the molecule is CCn1cc(N2C[C@H](c3nc4c5cccc(OC)c5nc(NCc5ccc(OC)cc5OC)n4n3)CC(F)(F)C2)cn1. The van der Waals surface area contributed by atoms with Gasteiger partial charge >= 0.3 is 0 Å². The van der Waals surface area contributed by atoms with Crippen molar-refractivity contribution in [3.63, 3.8) is 0 Å². The van der Waals surface area contributed by atoms with Crippen LogP contribution in [0.5, 0.6) is 17.2 Å². The maximum absolute atomic E-state index is 15.1. The molecule has 1 atom stereocenters. The number of para-hydroxylation sites is 1. The largest absolute Gasteiger partial charge is 0.497 e. The fourth-order valence-electron chi connectivity index (χ4n) is 5.40. The highest BCUT2D eigenvalue weighted by atomic mass is 19.3. The summed E-state index contributed by atoms with van der Waals surface area (Å²) in [7, 11) is 4.76. The van der Waals surface area contributed by atoms with Crippen LogP contribution in [0.25, 0.3) is 16.6 Å². The van der Waals surface area contributed by atoms with Crippen LogP contribution >= 0.6 is 0 Å². The number of methoxy groups -OCH3 is 3. The molecule has 4 heterocycles. The Balaban J connectivity index is 1.40. The van der Waals surface area contributed by atoms with E-state index in [-0.39, 0.29) is 13.0 Å². The molecule has 6 rings (SSSR count). The molecular formula is C29H32F2N8O3. The molecule has 13 heteroatoms. The van der Waals surface area contributed by atoms with Crippen LogP contribution in [0.2, 0.25) is 0 Å². The Labute approximate surface area is 241 Å². The number of aromatic nitrogens is 6. The molecule has 0 spiro atoms. The summed E-state index contributed by atoms with van der Waals surface area (Å²) in [6.45, 7) is 2.91. The smallest absolute Gasteiger partial charge is 0.266 e. The van der Waals surface area contributed by atoms with Gasteiger partial charge in [-0.1, -0.05) is 6.07 Å². The van der Waals surface area contributed by atoms with Crippen molar-refractivity contribution in [2.45, 2.75) is 38.3 Å². The first-order valence-corrected chi connectivity index (χ1v) is 13.7. The average molecular weight is 579 g/mol. The van der Waals surface area contributed by atoms with Crippen LogP contribution in [0.3, 0.4) is 0 Å². The van der Waals surface area contributed by atoms with E-state index >= 15 is 8.78 Å². The lowest BCUT2D eigenvalue weighted by atomic mass is 9.94. The summed E-state index contributed by atoms with van der Waals surface area (Å²) in [5, 5.41) is 13.1. The minimum absolute atomic E-state index is 0.324. The number of alkyl halides is 2. The molecule has 1 fully saturated rings. The average Bonchev–Trinajstić information content (AvgIpc) is 3.67. The second-order valence-electron chi connectivity index (χ2n) is 10.2. The third kappa shape index (κ3) is 5.10. The fourth-order valence-corrected chi connectivity index (χ4v) is 5.40. The number of fused-ring (bicyclic) bond motifs is 3. The Morgan fingerprint density at radius 3 is 2.62 bits per heavy atom. The zero-order valence-corrected chi connectivity index (χ0v) is 23.8. The van der Waals surface area contributed by atoms with Crippen molar-refractivity contribution in [3.05, 3.63) is 60.2 Å². The molecule has 42 heavy (non-hydrogen) atoms. The number of halogens is 2. The monoisotopic (exact) mass is 578 g/mol. The first-order chi connectivity index (χ1) is 20.3. The van der Waals surface area contributed by atoms with Crippen molar-refractivity contribution < 1.29 is 23.0 Å². The zero-order valence-electron chi connectivity index (χ0n) is 23.8. The Morgan fingerprint density at radius 2 is 1.88 bits per heavy atom. The van der Waals surface area contributed by atoms with Crippen molar-refractivity contribution in [3.8, 4) is 17.2 Å². The highest BCUT2D eigenvalue weighted by Gasteiger charge is 2.43. The molecule has 220 valence electrons. The number of hydrogen-bond donors (Lipinski definition) is 1. The highest BCUT2D eigenvalue weighted by molar-refractivity contribution is 5.96. The van der Waals surface area contributed by atoms with Gasteiger partial charge in [0.15, 0.2) is 11.5 Å². The van der Waals surface area contributed by atoms with Crippen LogP contribution < -0.4 is 24.4 Å².